The number of hydrogen-bond donors (Lipinski definition) is 2. The zero-order valence-corrected chi connectivity index (χ0v) is 17.8. The highest BCUT2D eigenvalue weighted by Gasteiger charge is 2.40. The van der Waals surface area contributed by atoms with Crippen LogP contribution >= 0.6 is 0 Å². The monoisotopic (exact) mass is 440 g/mol. The normalized spacial score (nSPS) is 18.0. The molecule has 7 nitrogen and oxygen atoms in total. The standard InChI is InChI=1S/C22H21FN4O3S/c1-13-9-22(28)26(25-13)7-8-27-14(2)18-10-15(3-6-21(18)31(27,29)30)19-12-24-20-11-16(23)4-5-17(19)20/h3-6,9-12,14,24-25H,7-8H2,1-2H3. The zero-order valence-electron chi connectivity index (χ0n) is 17.0. The summed E-state index contributed by atoms with van der Waals surface area (Å²) in [6.07, 6.45) is 1.80. The van der Waals surface area contributed by atoms with Crippen molar-refractivity contribution in [2.45, 2.75) is 31.3 Å². The van der Waals surface area contributed by atoms with Gasteiger partial charge in [0.05, 0.1) is 11.4 Å². The number of benzene rings is 2. The molecule has 2 N–H and O–H groups in total. The van der Waals surface area contributed by atoms with Gasteiger partial charge in [-0.1, -0.05) is 6.07 Å². The maximum Gasteiger partial charge on any atom is 0.266 e. The molecule has 160 valence electrons. The van der Waals surface area contributed by atoms with Crippen molar-refractivity contribution in [1.82, 2.24) is 19.1 Å². The highest BCUT2D eigenvalue weighted by Crippen LogP contribution is 2.41. The predicted molar refractivity (Wildman–Crippen MR) is 116 cm³/mol. The van der Waals surface area contributed by atoms with Crippen molar-refractivity contribution in [1.29, 1.82) is 0 Å². The lowest BCUT2D eigenvalue weighted by atomic mass is 9.99. The fourth-order valence-electron chi connectivity index (χ4n) is 4.35. The Labute approximate surface area is 178 Å². The number of nitrogens with one attached hydrogen (secondary N) is 2. The number of aromatic nitrogens is 3. The average Bonchev–Trinajstić information content (AvgIpc) is 3.33. The SMILES string of the molecule is Cc1cc(=O)n(CCN2C(C)c3cc(-c4c[nH]c5cc(F)ccc45)ccc3S2(=O)=O)[nH]1. The van der Waals surface area contributed by atoms with Crippen LogP contribution in [-0.4, -0.2) is 34.0 Å². The first kappa shape index (κ1) is 19.8. The van der Waals surface area contributed by atoms with Gasteiger partial charge in [-0.25, -0.2) is 12.8 Å². The van der Waals surface area contributed by atoms with Crippen LogP contribution in [0.15, 0.2) is 58.4 Å². The molecule has 1 aliphatic heterocycles. The lowest BCUT2D eigenvalue weighted by Gasteiger charge is -2.20. The van der Waals surface area contributed by atoms with E-state index in [9.17, 15) is 17.6 Å². The summed E-state index contributed by atoms with van der Waals surface area (Å²) in [4.78, 5) is 15.3. The van der Waals surface area contributed by atoms with Gasteiger partial charge in [0.25, 0.3) is 5.56 Å². The number of aromatic amines is 2. The Balaban J connectivity index is 1.50. The van der Waals surface area contributed by atoms with Crippen LogP contribution in [0.5, 0.6) is 0 Å². The van der Waals surface area contributed by atoms with Crippen LogP contribution in [0.25, 0.3) is 22.0 Å². The van der Waals surface area contributed by atoms with Crippen LogP contribution in [-0.2, 0) is 16.6 Å². The largest absolute Gasteiger partial charge is 0.360 e. The van der Waals surface area contributed by atoms with Crippen molar-refractivity contribution in [3.05, 3.63) is 76.1 Å². The summed E-state index contributed by atoms with van der Waals surface area (Å²) in [7, 11) is -3.66. The average molecular weight is 441 g/mol. The van der Waals surface area contributed by atoms with E-state index in [-0.39, 0.29) is 35.4 Å². The Morgan fingerprint density at radius 3 is 2.65 bits per heavy atom. The Morgan fingerprint density at radius 1 is 1.10 bits per heavy atom. The third-order valence-electron chi connectivity index (χ3n) is 5.89. The van der Waals surface area contributed by atoms with Crippen LogP contribution in [0.2, 0.25) is 0 Å². The summed E-state index contributed by atoms with van der Waals surface area (Å²) in [5.41, 5.74) is 3.69. The van der Waals surface area contributed by atoms with Crippen molar-refractivity contribution in [3.8, 4) is 11.1 Å². The van der Waals surface area contributed by atoms with Gasteiger partial charge in [0.1, 0.15) is 5.82 Å². The van der Waals surface area contributed by atoms with Gasteiger partial charge in [-0.2, -0.15) is 4.31 Å². The number of fused-ring (bicyclic) bond motifs is 2. The molecule has 1 atom stereocenters. The van der Waals surface area contributed by atoms with Gasteiger partial charge in [0.2, 0.25) is 10.0 Å². The minimum absolute atomic E-state index is 0.180. The van der Waals surface area contributed by atoms with Gasteiger partial charge >= 0.3 is 0 Å². The molecular weight excluding hydrogens is 419 g/mol. The van der Waals surface area contributed by atoms with E-state index in [4.69, 9.17) is 0 Å². The minimum atomic E-state index is -3.66. The van der Waals surface area contributed by atoms with E-state index in [1.807, 2.05) is 13.0 Å². The second kappa shape index (κ2) is 6.93. The topological polar surface area (TPSA) is 91.0 Å². The van der Waals surface area contributed by atoms with E-state index in [0.717, 1.165) is 22.2 Å². The van der Waals surface area contributed by atoms with E-state index in [2.05, 4.69) is 10.1 Å². The van der Waals surface area contributed by atoms with Crippen LogP contribution in [0.4, 0.5) is 4.39 Å². The van der Waals surface area contributed by atoms with Gasteiger partial charge in [-0.05, 0) is 55.3 Å². The minimum Gasteiger partial charge on any atom is -0.360 e. The molecule has 0 amide bonds. The first-order valence-electron chi connectivity index (χ1n) is 9.95. The van der Waals surface area contributed by atoms with Crippen LogP contribution in [0.1, 0.15) is 24.2 Å². The van der Waals surface area contributed by atoms with Crippen molar-refractivity contribution < 1.29 is 12.8 Å². The number of sulfonamides is 1. The summed E-state index contributed by atoms with van der Waals surface area (Å²) < 4.78 is 42.6. The highest BCUT2D eigenvalue weighted by molar-refractivity contribution is 7.89. The molecule has 0 aliphatic carbocycles. The summed E-state index contributed by atoms with van der Waals surface area (Å²) in [5, 5.41) is 3.80. The second-order valence-electron chi connectivity index (χ2n) is 7.87. The summed E-state index contributed by atoms with van der Waals surface area (Å²) in [6, 6.07) is 11.0. The van der Waals surface area contributed by atoms with Crippen LogP contribution < -0.4 is 5.56 Å². The van der Waals surface area contributed by atoms with Gasteiger partial charge in [0.15, 0.2) is 0 Å². The Kier molecular flexibility index (Phi) is 4.42. The lowest BCUT2D eigenvalue weighted by molar-refractivity contribution is 0.336. The van der Waals surface area contributed by atoms with Crippen molar-refractivity contribution in [3.63, 3.8) is 0 Å². The van der Waals surface area contributed by atoms with Gasteiger partial charge in [-0.3, -0.25) is 14.6 Å². The molecule has 1 aliphatic rings. The number of hydrogen-bond acceptors (Lipinski definition) is 3. The molecule has 3 heterocycles. The Morgan fingerprint density at radius 2 is 1.90 bits per heavy atom. The summed E-state index contributed by atoms with van der Waals surface area (Å²) in [6.45, 7) is 4.05. The molecule has 9 heteroatoms. The highest BCUT2D eigenvalue weighted by atomic mass is 32.2. The maximum absolute atomic E-state index is 13.5. The fourth-order valence-corrected chi connectivity index (χ4v) is 6.22. The van der Waals surface area contributed by atoms with E-state index < -0.39 is 10.0 Å². The Hall–Kier alpha value is -3.17. The Bertz CT molecular complexity index is 1480. The zero-order chi connectivity index (χ0) is 21.9. The summed E-state index contributed by atoms with van der Waals surface area (Å²) >= 11 is 0. The van der Waals surface area contributed by atoms with E-state index >= 15 is 0 Å². The molecule has 0 radical (unpaired) electrons. The third kappa shape index (κ3) is 3.12. The molecule has 0 saturated carbocycles. The molecule has 31 heavy (non-hydrogen) atoms. The smallest absolute Gasteiger partial charge is 0.266 e. The second-order valence-corrected chi connectivity index (χ2v) is 9.72. The first-order valence-corrected chi connectivity index (χ1v) is 11.4. The third-order valence-corrected chi connectivity index (χ3v) is 7.94. The van der Waals surface area contributed by atoms with Gasteiger partial charge in [0, 0.05) is 47.0 Å². The quantitative estimate of drug-likeness (QED) is 0.509. The molecule has 5 rings (SSSR count). The van der Waals surface area contributed by atoms with Gasteiger partial charge < -0.3 is 4.98 Å². The molecule has 0 fully saturated rings. The van der Waals surface area contributed by atoms with Crippen molar-refractivity contribution >= 4 is 20.9 Å². The molecule has 0 bridgehead atoms. The summed E-state index contributed by atoms with van der Waals surface area (Å²) in [5.74, 6) is -0.318. The molecule has 4 aromatic rings. The van der Waals surface area contributed by atoms with Crippen molar-refractivity contribution in [2.24, 2.45) is 0 Å². The lowest BCUT2D eigenvalue weighted by Crippen LogP contribution is -2.32. The van der Waals surface area contributed by atoms with Crippen LogP contribution in [0, 0.1) is 12.7 Å². The molecule has 2 aromatic carbocycles. The predicted octanol–water partition coefficient (Wildman–Crippen LogP) is 3.54. The first-order chi connectivity index (χ1) is 14.8. The number of rotatable bonds is 4. The van der Waals surface area contributed by atoms with E-state index in [1.54, 1.807) is 31.3 Å². The van der Waals surface area contributed by atoms with E-state index in [0.29, 0.717) is 11.1 Å². The van der Waals surface area contributed by atoms with Crippen LogP contribution in [0.3, 0.4) is 0 Å². The molecule has 2 aromatic heterocycles. The molecular formula is C22H21FN4O3S. The number of halogens is 1. The molecule has 0 spiro atoms. The fraction of sp³-hybridized carbons (Fsp3) is 0.227. The van der Waals surface area contributed by atoms with E-state index in [1.165, 1.54) is 27.2 Å². The molecule has 1 unspecified atom stereocenters. The van der Waals surface area contributed by atoms with Crippen molar-refractivity contribution in [2.75, 3.05) is 6.54 Å². The van der Waals surface area contributed by atoms with Gasteiger partial charge in [-0.15, -0.1) is 0 Å². The number of nitrogens with zero attached hydrogens (tertiary/aromatic N) is 2. The maximum atomic E-state index is 13.5. The molecule has 0 saturated heterocycles. The number of H-pyrrole nitrogens is 2. The number of aryl methyl sites for hydroxylation is 1.